The Morgan fingerprint density at radius 2 is 1.50 bits per heavy atom. The zero-order valence-corrected chi connectivity index (χ0v) is 19.8. The Morgan fingerprint density at radius 3 is 2.21 bits per heavy atom. The van der Waals surface area contributed by atoms with Crippen molar-refractivity contribution in [3.63, 3.8) is 0 Å². The number of thioether (sulfide) groups is 1. The third-order valence-corrected chi connectivity index (χ3v) is 7.20. The maximum absolute atomic E-state index is 11.5. The van der Waals surface area contributed by atoms with Gasteiger partial charge in [0.2, 0.25) is 0 Å². The normalized spacial score (nSPS) is 16.9. The van der Waals surface area contributed by atoms with Gasteiger partial charge in [0.05, 0.1) is 19.5 Å². The molecule has 3 aromatic rings. The summed E-state index contributed by atoms with van der Waals surface area (Å²) in [5.41, 5.74) is 8.56. The second-order valence-electron chi connectivity index (χ2n) is 8.04. The number of hydrogen-bond acceptors (Lipinski definition) is 4. The fraction of sp³-hybridized carbons (Fsp3) is 0.100. The molecule has 1 aliphatic heterocycles. The molecule has 1 heterocycles. The first-order valence-corrected chi connectivity index (χ1v) is 12.0. The Balaban J connectivity index is 1.60. The largest absolute Gasteiger partial charge is 0.497 e. The minimum Gasteiger partial charge on any atom is -0.497 e. The van der Waals surface area contributed by atoms with Crippen molar-refractivity contribution < 1.29 is 14.3 Å². The number of hydrogen-bond donors (Lipinski definition) is 0. The van der Waals surface area contributed by atoms with E-state index in [1.165, 1.54) is 16.7 Å². The molecule has 0 saturated heterocycles. The Kier molecular flexibility index (Phi) is 6.24. The molecule has 0 aromatic heterocycles. The summed E-state index contributed by atoms with van der Waals surface area (Å²) in [5.74, 6) is 1.71. The van der Waals surface area contributed by atoms with Crippen LogP contribution in [0.3, 0.4) is 0 Å². The summed E-state index contributed by atoms with van der Waals surface area (Å²) in [6, 6.07) is 24.3. The molecule has 0 fully saturated rings. The topological polar surface area (TPSA) is 35.5 Å². The third kappa shape index (κ3) is 4.13. The molecule has 3 aromatic carbocycles. The predicted molar refractivity (Wildman–Crippen MR) is 141 cm³/mol. The summed E-state index contributed by atoms with van der Waals surface area (Å²) < 4.78 is 10.8. The van der Waals surface area contributed by atoms with Gasteiger partial charge in [0.25, 0.3) is 0 Å². The van der Waals surface area contributed by atoms with Crippen molar-refractivity contribution in [2.75, 3.05) is 14.2 Å². The van der Waals surface area contributed by atoms with Crippen LogP contribution in [0.1, 0.15) is 21.5 Å². The Labute approximate surface area is 204 Å². The van der Waals surface area contributed by atoms with Gasteiger partial charge in [0.1, 0.15) is 11.5 Å². The minimum atomic E-state index is 0.187. The van der Waals surface area contributed by atoms with E-state index < -0.39 is 0 Å². The summed E-state index contributed by atoms with van der Waals surface area (Å²) in [4.78, 5) is 11.5. The van der Waals surface area contributed by atoms with Crippen LogP contribution in [0.2, 0.25) is 0 Å². The number of rotatable bonds is 6. The van der Waals surface area contributed by atoms with Gasteiger partial charge in [-0.05, 0) is 68.7 Å². The summed E-state index contributed by atoms with van der Waals surface area (Å²) in [7, 11) is 3.38. The molecular weight excluding hydrogens is 440 g/mol. The van der Waals surface area contributed by atoms with Gasteiger partial charge in [-0.2, -0.15) is 0 Å². The van der Waals surface area contributed by atoms with Gasteiger partial charge in [-0.25, -0.2) is 0 Å². The second kappa shape index (κ2) is 9.62. The summed E-state index contributed by atoms with van der Waals surface area (Å²) >= 11 is 1.78. The predicted octanol–water partition coefficient (Wildman–Crippen LogP) is 7.18. The molecule has 0 N–H and O–H groups in total. The van der Waals surface area contributed by atoms with Crippen LogP contribution in [0.25, 0.3) is 22.3 Å². The highest BCUT2D eigenvalue weighted by Gasteiger charge is 2.27. The van der Waals surface area contributed by atoms with Crippen molar-refractivity contribution in [1.29, 1.82) is 0 Å². The van der Waals surface area contributed by atoms with E-state index in [-0.39, 0.29) is 5.25 Å². The van der Waals surface area contributed by atoms with Crippen molar-refractivity contribution in [1.82, 2.24) is 0 Å². The first-order valence-electron chi connectivity index (χ1n) is 11.1. The highest BCUT2D eigenvalue weighted by atomic mass is 32.2. The van der Waals surface area contributed by atoms with Crippen molar-refractivity contribution in [2.45, 2.75) is 5.25 Å². The average molecular weight is 465 g/mol. The molecule has 168 valence electrons. The molecule has 34 heavy (non-hydrogen) atoms. The zero-order valence-electron chi connectivity index (χ0n) is 19.0. The maximum Gasteiger partial charge on any atom is 0.150 e. The van der Waals surface area contributed by atoms with Crippen LogP contribution in [0.15, 0.2) is 108 Å². The Hall–Kier alpha value is -3.76. The molecular formula is C30H24O3S. The summed E-state index contributed by atoms with van der Waals surface area (Å²) in [6.07, 6.45) is 7.26. The van der Waals surface area contributed by atoms with Gasteiger partial charge in [0.15, 0.2) is 6.29 Å². The molecule has 0 radical (unpaired) electrons. The smallest absolute Gasteiger partial charge is 0.150 e. The van der Waals surface area contributed by atoms with E-state index in [0.29, 0.717) is 5.56 Å². The number of allylic oxidation sites excluding steroid dienone is 4. The monoisotopic (exact) mass is 464 g/mol. The first-order chi connectivity index (χ1) is 16.7. The van der Waals surface area contributed by atoms with Gasteiger partial charge >= 0.3 is 0 Å². The van der Waals surface area contributed by atoms with Gasteiger partial charge < -0.3 is 9.47 Å². The van der Waals surface area contributed by atoms with Crippen molar-refractivity contribution in [3.8, 4) is 16.9 Å². The Morgan fingerprint density at radius 1 is 0.794 bits per heavy atom. The molecule has 0 amide bonds. The molecule has 2 aliphatic rings. The fourth-order valence-electron chi connectivity index (χ4n) is 4.38. The van der Waals surface area contributed by atoms with Gasteiger partial charge in [0, 0.05) is 5.56 Å². The van der Waals surface area contributed by atoms with Crippen LogP contribution in [0, 0.1) is 0 Å². The van der Waals surface area contributed by atoms with Crippen LogP contribution < -0.4 is 4.74 Å². The molecule has 0 saturated carbocycles. The number of carbonyl (C=O) groups excluding carboxylic acids is 1. The van der Waals surface area contributed by atoms with Crippen molar-refractivity contribution >= 4 is 29.2 Å². The van der Waals surface area contributed by atoms with Crippen LogP contribution >= 0.6 is 11.8 Å². The molecule has 3 nitrogen and oxygen atoms in total. The second-order valence-corrected chi connectivity index (χ2v) is 9.05. The minimum absolute atomic E-state index is 0.187. The van der Waals surface area contributed by atoms with E-state index in [1.54, 1.807) is 26.0 Å². The van der Waals surface area contributed by atoms with Gasteiger partial charge in [-0.1, -0.05) is 66.7 Å². The molecule has 1 unspecified atom stereocenters. The van der Waals surface area contributed by atoms with Crippen LogP contribution in [-0.4, -0.2) is 25.8 Å². The number of benzene rings is 3. The Bertz CT molecular complexity index is 1340. The third-order valence-electron chi connectivity index (χ3n) is 6.15. The lowest BCUT2D eigenvalue weighted by Crippen LogP contribution is -2.13. The lowest BCUT2D eigenvalue weighted by molar-refractivity contribution is 0.112. The lowest BCUT2D eigenvalue weighted by Gasteiger charge is -2.28. The van der Waals surface area contributed by atoms with Crippen molar-refractivity contribution in [2.24, 2.45) is 0 Å². The standard InChI is InChI=1S/C30H24O3S/c1-32-24-13-11-21(12-14-24)28-19-34-29-17-25(33-2)15-16-27(29)30(28)22-9-7-20(8-10-22)26-6-4-3-5-23(26)18-31/h3-19,29H,1-2H3. The SMILES string of the molecule is COC1=CC2SC=C(c3ccc(OC)cc3)C(c3ccc(-c4ccccc4C=O)cc3)=C2C=C1. The average Bonchev–Trinajstić information content (AvgIpc) is 2.92. The highest BCUT2D eigenvalue weighted by Crippen LogP contribution is 2.46. The van der Waals surface area contributed by atoms with E-state index in [9.17, 15) is 4.79 Å². The molecule has 0 spiro atoms. The van der Waals surface area contributed by atoms with E-state index in [4.69, 9.17) is 9.47 Å². The molecule has 1 atom stereocenters. The molecule has 1 aliphatic carbocycles. The zero-order chi connectivity index (χ0) is 23.5. The number of carbonyl (C=O) groups is 1. The van der Waals surface area contributed by atoms with Gasteiger partial charge in [-0.15, -0.1) is 11.8 Å². The first kappa shape index (κ1) is 22.1. The highest BCUT2D eigenvalue weighted by molar-refractivity contribution is 8.03. The number of aldehydes is 1. The van der Waals surface area contributed by atoms with Crippen LogP contribution in [0.5, 0.6) is 5.75 Å². The van der Waals surface area contributed by atoms with E-state index >= 15 is 0 Å². The van der Waals surface area contributed by atoms with E-state index in [0.717, 1.165) is 40.0 Å². The molecule has 0 bridgehead atoms. The number of methoxy groups -OCH3 is 2. The molecule has 5 rings (SSSR count). The summed E-state index contributed by atoms with van der Waals surface area (Å²) in [6.45, 7) is 0. The quantitative estimate of drug-likeness (QED) is 0.362. The van der Waals surface area contributed by atoms with E-state index in [1.807, 2.05) is 42.5 Å². The number of fused-ring (bicyclic) bond motifs is 1. The summed E-state index contributed by atoms with van der Waals surface area (Å²) in [5, 5.41) is 2.43. The maximum atomic E-state index is 11.5. The van der Waals surface area contributed by atoms with E-state index in [2.05, 4.69) is 54.0 Å². The lowest BCUT2D eigenvalue weighted by atomic mass is 9.86. The van der Waals surface area contributed by atoms with Crippen LogP contribution in [-0.2, 0) is 4.74 Å². The van der Waals surface area contributed by atoms with Gasteiger partial charge in [-0.3, -0.25) is 4.79 Å². The number of ether oxygens (including phenoxy) is 2. The fourth-order valence-corrected chi connectivity index (χ4v) is 5.47. The molecule has 4 heteroatoms. The van der Waals surface area contributed by atoms with Crippen molar-refractivity contribution in [3.05, 3.63) is 124 Å². The van der Waals surface area contributed by atoms with Crippen LogP contribution in [0.4, 0.5) is 0 Å².